The molecule has 1 aromatic carbocycles. The molecule has 1 aromatic heterocycles. The summed E-state index contributed by atoms with van der Waals surface area (Å²) in [5.41, 5.74) is 5.66. The van der Waals surface area contributed by atoms with Gasteiger partial charge < -0.3 is 15.2 Å². The summed E-state index contributed by atoms with van der Waals surface area (Å²) in [5, 5.41) is 5.24. The number of aromatic amines is 1. The SMILES string of the molecule is CC[NH+](CC)CCNC1CCCc2c1[nH]c1ccc(C)cc21. The number of likely N-dealkylation sites (N-methyl/N-ethyl adjacent to an activating group) is 1. The Morgan fingerprint density at radius 3 is 2.86 bits per heavy atom. The smallest absolute Gasteiger partial charge is 0.0897 e. The molecule has 0 saturated carbocycles. The standard InChI is InChI=1S/C19H29N3/c1-4-22(5-2)12-11-20-18-8-6-7-15-16-13-14(3)9-10-17(16)21-19(15)18/h9-10,13,18,20-21H,4-8,11-12H2,1-3H3/p+1. The molecule has 0 saturated heterocycles. The fourth-order valence-electron chi connectivity index (χ4n) is 3.81. The van der Waals surface area contributed by atoms with Crippen LogP contribution in [0.15, 0.2) is 18.2 Å². The van der Waals surface area contributed by atoms with Crippen molar-refractivity contribution in [1.82, 2.24) is 10.3 Å². The van der Waals surface area contributed by atoms with Crippen molar-refractivity contribution in [2.45, 2.75) is 46.1 Å². The number of H-pyrrole nitrogens is 1. The Hall–Kier alpha value is -1.32. The fourth-order valence-corrected chi connectivity index (χ4v) is 3.81. The molecule has 0 radical (unpaired) electrons. The van der Waals surface area contributed by atoms with Crippen molar-refractivity contribution in [2.24, 2.45) is 0 Å². The number of aromatic nitrogens is 1. The van der Waals surface area contributed by atoms with Crippen LogP contribution in [0.2, 0.25) is 0 Å². The van der Waals surface area contributed by atoms with Gasteiger partial charge in [-0.15, -0.1) is 0 Å². The van der Waals surface area contributed by atoms with Crippen molar-refractivity contribution in [1.29, 1.82) is 0 Å². The lowest BCUT2D eigenvalue weighted by Gasteiger charge is -2.25. The number of nitrogens with one attached hydrogen (secondary N) is 3. The van der Waals surface area contributed by atoms with E-state index >= 15 is 0 Å². The van der Waals surface area contributed by atoms with E-state index in [0.29, 0.717) is 6.04 Å². The number of aryl methyl sites for hydroxylation is 2. The summed E-state index contributed by atoms with van der Waals surface area (Å²) in [7, 11) is 0. The minimum atomic E-state index is 0.506. The van der Waals surface area contributed by atoms with Crippen molar-refractivity contribution in [2.75, 3.05) is 26.2 Å². The highest BCUT2D eigenvalue weighted by molar-refractivity contribution is 5.85. The van der Waals surface area contributed by atoms with E-state index in [0.717, 1.165) is 6.54 Å². The number of hydrogen-bond donors (Lipinski definition) is 3. The molecule has 0 spiro atoms. The molecule has 0 amide bonds. The molecule has 120 valence electrons. The molecule has 1 unspecified atom stereocenters. The van der Waals surface area contributed by atoms with E-state index in [1.807, 2.05) is 0 Å². The maximum absolute atomic E-state index is 3.80. The molecule has 1 aliphatic rings. The molecule has 1 aliphatic carbocycles. The Morgan fingerprint density at radius 2 is 2.09 bits per heavy atom. The summed E-state index contributed by atoms with van der Waals surface area (Å²) >= 11 is 0. The van der Waals surface area contributed by atoms with Crippen LogP contribution in [0.4, 0.5) is 0 Å². The summed E-state index contributed by atoms with van der Waals surface area (Å²) in [6.45, 7) is 11.5. The average Bonchev–Trinajstić information content (AvgIpc) is 2.90. The lowest BCUT2D eigenvalue weighted by atomic mass is 9.91. The second kappa shape index (κ2) is 6.84. The summed E-state index contributed by atoms with van der Waals surface area (Å²) < 4.78 is 0. The lowest BCUT2D eigenvalue weighted by Crippen LogP contribution is -3.12. The predicted molar refractivity (Wildman–Crippen MR) is 93.6 cm³/mol. The summed E-state index contributed by atoms with van der Waals surface area (Å²) in [6, 6.07) is 7.29. The Kier molecular flexibility index (Phi) is 4.84. The van der Waals surface area contributed by atoms with Crippen molar-refractivity contribution in [3.05, 3.63) is 35.0 Å². The van der Waals surface area contributed by atoms with E-state index in [-0.39, 0.29) is 0 Å². The molecule has 3 heteroatoms. The normalized spacial score (nSPS) is 18.1. The quantitative estimate of drug-likeness (QED) is 0.752. The van der Waals surface area contributed by atoms with Crippen LogP contribution in [0.1, 0.15) is 49.6 Å². The van der Waals surface area contributed by atoms with Crippen LogP contribution in [0.5, 0.6) is 0 Å². The highest BCUT2D eigenvalue weighted by Crippen LogP contribution is 2.34. The minimum Gasteiger partial charge on any atom is -0.357 e. The summed E-state index contributed by atoms with van der Waals surface area (Å²) in [5.74, 6) is 0. The Bertz CT molecular complexity index is 625. The molecular formula is C19H30N3+. The molecular weight excluding hydrogens is 270 g/mol. The van der Waals surface area contributed by atoms with Gasteiger partial charge in [0.25, 0.3) is 0 Å². The second-order valence-corrected chi connectivity index (χ2v) is 6.67. The minimum absolute atomic E-state index is 0.506. The third-order valence-electron chi connectivity index (χ3n) is 5.23. The van der Waals surface area contributed by atoms with Crippen LogP contribution < -0.4 is 10.2 Å². The third-order valence-corrected chi connectivity index (χ3v) is 5.23. The van der Waals surface area contributed by atoms with Gasteiger partial charge in [-0.25, -0.2) is 0 Å². The van der Waals surface area contributed by atoms with E-state index in [4.69, 9.17) is 0 Å². The van der Waals surface area contributed by atoms with Gasteiger partial charge in [-0.05, 0) is 57.7 Å². The van der Waals surface area contributed by atoms with Crippen LogP contribution >= 0.6 is 0 Å². The van der Waals surface area contributed by atoms with E-state index < -0.39 is 0 Å². The number of hydrogen-bond acceptors (Lipinski definition) is 1. The van der Waals surface area contributed by atoms with Crippen LogP contribution in [0.3, 0.4) is 0 Å². The molecule has 0 fully saturated rings. The van der Waals surface area contributed by atoms with Gasteiger partial charge in [0.15, 0.2) is 0 Å². The summed E-state index contributed by atoms with van der Waals surface area (Å²) in [6.07, 6.45) is 3.77. The predicted octanol–water partition coefficient (Wildman–Crippen LogP) is 2.37. The zero-order chi connectivity index (χ0) is 15.5. The van der Waals surface area contributed by atoms with Crippen LogP contribution in [-0.4, -0.2) is 31.2 Å². The molecule has 3 nitrogen and oxygen atoms in total. The molecule has 2 aromatic rings. The first-order valence-corrected chi connectivity index (χ1v) is 8.91. The second-order valence-electron chi connectivity index (χ2n) is 6.67. The third kappa shape index (κ3) is 3.06. The summed E-state index contributed by atoms with van der Waals surface area (Å²) in [4.78, 5) is 5.37. The molecule has 3 rings (SSSR count). The van der Waals surface area contributed by atoms with Crippen molar-refractivity contribution in [3.8, 4) is 0 Å². The van der Waals surface area contributed by atoms with Gasteiger partial charge in [0.1, 0.15) is 0 Å². The molecule has 0 bridgehead atoms. The van der Waals surface area contributed by atoms with Gasteiger partial charge in [0.2, 0.25) is 0 Å². The topological polar surface area (TPSA) is 32.3 Å². The molecule has 1 heterocycles. The molecule has 0 aliphatic heterocycles. The van der Waals surface area contributed by atoms with Gasteiger partial charge in [0.05, 0.1) is 19.6 Å². The van der Waals surface area contributed by atoms with Crippen LogP contribution in [0.25, 0.3) is 10.9 Å². The van der Waals surface area contributed by atoms with Gasteiger partial charge in [-0.2, -0.15) is 0 Å². The Morgan fingerprint density at radius 1 is 1.27 bits per heavy atom. The first-order chi connectivity index (χ1) is 10.7. The van der Waals surface area contributed by atoms with Gasteiger partial charge in [0, 0.05) is 29.2 Å². The van der Waals surface area contributed by atoms with Crippen molar-refractivity contribution < 1.29 is 4.90 Å². The first-order valence-electron chi connectivity index (χ1n) is 8.91. The van der Waals surface area contributed by atoms with Crippen LogP contribution in [0, 0.1) is 6.92 Å². The van der Waals surface area contributed by atoms with E-state index in [9.17, 15) is 0 Å². The number of quaternary nitrogens is 1. The molecule has 3 N–H and O–H groups in total. The molecule has 22 heavy (non-hydrogen) atoms. The molecule has 1 atom stereocenters. The fraction of sp³-hybridized carbons (Fsp3) is 0.579. The van der Waals surface area contributed by atoms with Crippen LogP contribution in [-0.2, 0) is 6.42 Å². The van der Waals surface area contributed by atoms with Crippen molar-refractivity contribution >= 4 is 10.9 Å². The maximum Gasteiger partial charge on any atom is 0.0897 e. The zero-order valence-electron chi connectivity index (χ0n) is 14.3. The van der Waals surface area contributed by atoms with Gasteiger partial charge in [-0.3, -0.25) is 0 Å². The first kappa shape index (κ1) is 15.6. The van der Waals surface area contributed by atoms with E-state index in [2.05, 4.69) is 49.3 Å². The number of benzene rings is 1. The van der Waals surface area contributed by atoms with Gasteiger partial charge >= 0.3 is 0 Å². The van der Waals surface area contributed by atoms with Crippen molar-refractivity contribution in [3.63, 3.8) is 0 Å². The number of fused-ring (bicyclic) bond motifs is 3. The van der Waals surface area contributed by atoms with Gasteiger partial charge in [-0.1, -0.05) is 11.6 Å². The van der Waals surface area contributed by atoms with E-state index in [1.54, 1.807) is 10.5 Å². The largest absolute Gasteiger partial charge is 0.357 e. The zero-order valence-corrected chi connectivity index (χ0v) is 14.3. The van der Waals surface area contributed by atoms with E-state index in [1.165, 1.54) is 61.1 Å². The lowest BCUT2D eigenvalue weighted by molar-refractivity contribution is -0.895. The monoisotopic (exact) mass is 300 g/mol. The number of rotatable bonds is 6. The Labute approximate surface area is 134 Å². The Balaban J connectivity index is 1.75. The maximum atomic E-state index is 3.80. The highest BCUT2D eigenvalue weighted by Gasteiger charge is 2.24. The average molecular weight is 300 g/mol. The highest BCUT2D eigenvalue weighted by atomic mass is 15.1.